The molecule has 1 aromatic heterocycles. The minimum atomic E-state index is -0.269. The summed E-state index contributed by atoms with van der Waals surface area (Å²) in [5, 5.41) is 12.7. The molecular formula is C21H26ClN5OS. The van der Waals surface area contributed by atoms with Gasteiger partial charge in [-0.2, -0.15) is 5.10 Å². The number of thiol groups is 1. The molecule has 0 fully saturated rings. The Labute approximate surface area is 182 Å². The van der Waals surface area contributed by atoms with Gasteiger partial charge in [-0.3, -0.25) is 14.4 Å². The zero-order chi connectivity index (χ0) is 21.0. The standard InChI is InChI=1S/C21H26ClN5OS/c1-14-7-9-27(13-23-8-10-29)12-16(14)19-11-18(25-26(19)3)21(28)24-20-15(2)5-4-6-17(20)22/h4-6,8,10-11,23,29H,7,9,12-13H2,1-3H3,(H,24,28)/b10-8-. The van der Waals surface area contributed by atoms with Gasteiger partial charge in [0.25, 0.3) is 5.91 Å². The summed E-state index contributed by atoms with van der Waals surface area (Å²) in [6.07, 6.45) is 2.80. The van der Waals surface area contributed by atoms with Crippen LogP contribution in [0.5, 0.6) is 0 Å². The molecule has 1 amide bonds. The third-order valence-corrected chi connectivity index (χ3v) is 5.55. The molecule has 6 nitrogen and oxygen atoms in total. The van der Waals surface area contributed by atoms with Crippen molar-refractivity contribution in [3.63, 3.8) is 0 Å². The van der Waals surface area contributed by atoms with Crippen LogP contribution in [0.25, 0.3) is 5.57 Å². The van der Waals surface area contributed by atoms with E-state index in [1.807, 2.05) is 38.4 Å². The van der Waals surface area contributed by atoms with Crippen molar-refractivity contribution in [1.29, 1.82) is 0 Å². The minimum Gasteiger partial charge on any atom is -0.378 e. The molecule has 0 saturated heterocycles. The number of anilines is 1. The Morgan fingerprint density at radius 2 is 2.17 bits per heavy atom. The van der Waals surface area contributed by atoms with Gasteiger partial charge in [-0.25, -0.2) is 0 Å². The van der Waals surface area contributed by atoms with Crippen molar-refractivity contribution in [3.8, 4) is 0 Å². The number of carbonyl (C=O) groups is 1. The Kier molecular flexibility index (Phi) is 7.05. The maximum Gasteiger partial charge on any atom is 0.276 e. The molecule has 0 unspecified atom stereocenters. The van der Waals surface area contributed by atoms with Crippen LogP contribution in [-0.2, 0) is 7.05 Å². The van der Waals surface area contributed by atoms with Gasteiger partial charge in [-0.1, -0.05) is 29.3 Å². The highest BCUT2D eigenvalue weighted by molar-refractivity contribution is 7.83. The van der Waals surface area contributed by atoms with Crippen LogP contribution in [0.1, 0.15) is 35.1 Å². The van der Waals surface area contributed by atoms with Crippen molar-refractivity contribution in [2.45, 2.75) is 20.3 Å². The second-order valence-electron chi connectivity index (χ2n) is 7.16. The SMILES string of the molecule is CC1=C(c2cc(C(=O)Nc3c(C)cccc3Cl)nn2C)CN(CN/C=C\S)CC1. The molecule has 2 aromatic rings. The van der Waals surface area contributed by atoms with E-state index in [0.717, 1.165) is 37.4 Å². The van der Waals surface area contributed by atoms with Crippen LogP contribution >= 0.6 is 24.2 Å². The van der Waals surface area contributed by atoms with E-state index in [2.05, 4.69) is 40.2 Å². The maximum atomic E-state index is 12.8. The molecule has 0 radical (unpaired) electrons. The van der Waals surface area contributed by atoms with Gasteiger partial charge < -0.3 is 10.6 Å². The minimum absolute atomic E-state index is 0.269. The smallest absolute Gasteiger partial charge is 0.276 e. The highest BCUT2D eigenvalue weighted by atomic mass is 35.5. The monoisotopic (exact) mass is 431 g/mol. The van der Waals surface area contributed by atoms with Gasteiger partial charge in [0.15, 0.2) is 5.69 Å². The number of benzene rings is 1. The number of rotatable bonds is 6. The molecule has 1 aliphatic rings. The van der Waals surface area contributed by atoms with Gasteiger partial charge in [-0.15, -0.1) is 12.6 Å². The summed E-state index contributed by atoms with van der Waals surface area (Å²) < 4.78 is 1.78. The van der Waals surface area contributed by atoms with Gasteiger partial charge in [-0.05, 0) is 48.9 Å². The number of amides is 1. The number of hydrogen-bond acceptors (Lipinski definition) is 5. The molecule has 0 aliphatic carbocycles. The Morgan fingerprint density at radius 1 is 1.38 bits per heavy atom. The quantitative estimate of drug-likeness (QED) is 0.603. The van der Waals surface area contributed by atoms with Crippen LogP contribution in [-0.4, -0.2) is 40.3 Å². The molecule has 0 saturated carbocycles. The molecule has 2 heterocycles. The highest BCUT2D eigenvalue weighted by Crippen LogP contribution is 2.28. The highest BCUT2D eigenvalue weighted by Gasteiger charge is 2.22. The van der Waals surface area contributed by atoms with Crippen molar-refractivity contribution in [2.24, 2.45) is 7.05 Å². The first-order valence-corrected chi connectivity index (χ1v) is 10.3. The van der Waals surface area contributed by atoms with Crippen LogP contribution in [0.4, 0.5) is 5.69 Å². The molecule has 1 aliphatic heterocycles. The molecule has 3 rings (SSSR count). The molecule has 2 N–H and O–H groups in total. The largest absolute Gasteiger partial charge is 0.378 e. The number of carbonyl (C=O) groups excluding carboxylic acids is 1. The molecule has 0 spiro atoms. The third-order valence-electron chi connectivity index (χ3n) is 5.09. The lowest BCUT2D eigenvalue weighted by molar-refractivity contribution is 0.102. The fourth-order valence-corrected chi connectivity index (χ4v) is 3.79. The van der Waals surface area contributed by atoms with Gasteiger partial charge in [0, 0.05) is 26.3 Å². The lowest BCUT2D eigenvalue weighted by Gasteiger charge is -2.29. The van der Waals surface area contributed by atoms with Crippen molar-refractivity contribution < 1.29 is 4.79 Å². The van der Waals surface area contributed by atoms with E-state index in [9.17, 15) is 4.79 Å². The van der Waals surface area contributed by atoms with Crippen LogP contribution in [0.2, 0.25) is 5.02 Å². The third kappa shape index (κ3) is 5.04. The summed E-state index contributed by atoms with van der Waals surface area (Å²) in [5.41, 5.74) is 5.38. The van der Waals surface area contributed by atoms with Crippen LogP contribution in [0.3, 0.4) is 0 Å². The van der Waals surface area contributed by atoms with Gasteiger partial charge in [0.1, 0.15) is 0 Å². The van der Waals surface area contributed by atoms with E-state index in [-0.39, 0.29) is 5.91 Å². The maximum absolute atomic E-state index is 12.8. The van der Waals surface area contributed by atoms with Crippen LogP contribution in [0, 0.1) is 6.92 Å². The van der Waals surface area contributed by atoms with Crippen LogP contribution < -0.4 is 10.6 Å². The lowest BCUT2D eigenvalue weighted by atomic mass is 9.98. The molecule has 8 heteroatoms. The van der Waals surface area contributed by atoms with Crippen molar-refractivity contribution in [2.75, 3.05) is 25.1 Å². The zero-order valence-corrected chi connectivity index (χ0v) is 18.5. The number of nitrogens with one attached hydrogen (secondary N) is 2. The van der Waals surface area contributed by atoms with Crippen molar-refractivity contribution in [3.05, 3.63) is 63.4 Å². The molecule has 0 bridgehead atoms. The summed E-state index contributed by atoms with van der Waals surface area (Å²) >= 11 is 10.3. The molecule has 1 aromatic carbocycles. The second kappa shape index (κ2) is 9.52. The van der Waals surface area contributed by atoms with Crippen molar-refractivity contribution in [1.82, 2.24) is 20.0 Å². The average molecular weight is 432 g/mol. The first kappa shape index (κ1) is 21.5. The predicted octanol–water partition coefficient (Wildman–Crippen LogP) is 4.06. The lowest BCUT2D eigenvalue weighted by Crippen LogP contribution is -2.37. The molecule has 29 heavy (non-hydrogen) atoms. The predicted molar refractivity (Wildman–Crippen MR) is 122 cm³/mol. The summed E-state index contributed by atoms with van der Waals surface area (Å²) in [7, 11) is 1.87. The Hall–Kier alpha value is -2.22. The van der Waals surface area contributed by atoms with E-state index in [1.165, 1.54) is 11.1 Å². The number of aromatic nitrogens is 2. The number of para-hydroxylation sites is 1. The van der Waals surface area contributed by atoms with E-state index in [4.69, 9.17) is 11.6 Å². The number of nitrogens with zero attached hydrogens (tertiary/aromatic N) is 3. The Balaban J connectivity index is 1.79. The number of hydrogen-bond donors (Lipinski definition) is 3. The summed E-state index contributed by atoms with van der Waals surface area (Å²) in [4.78, 5) is 15.1. The molecular weight excluding hydrogens is 406 g/mol. The van der Waals surface area contributed by atoms with Gasteiger partial charge in [0.05, 0.1) is 23.1 Å². The van der Waals surface area contributed by atoms with E-state index in [0.29, 0.717) is 16.4 Å². The fourth-order valence-electron chi connectivity index (χ4n) is 3.41. The molecule has 154 valence electrons. The average Bonchev–Trinajstić information content (AvgIpc) is 3.08. The number of aryl methyl sites for hydroxylation is 2. The summed E-state index contributed by atoms with van der Waals surface area (Å²) in [6.45, 7) is 6.58. The zero-order valence-electron chi connectivity index (χ0n) is 16.9. The number of halogens is 1. The first-order chi connectivity index (χ1) is 13.9. The Bertz CT molecular complexity index is 946. The second-order valence-corrected chi connectivity index (χ2v) is 7.87. The van der Waals surface area contributed by atoms with Crippen molar-refractivity contribution >= 4 is 41.4 Å². The van der Waals surface area contributed by atoms with E-state index >= 15 is 0 Å². The molecule has 0 atom stereocenters. The first-order valence-electron chi connectivity index (χ1n) is 9.45. The van der Waals surface area contributed by atoms with E-state index < -0.39 is 0 Å². The normalized spacial score (nSPS) is 15.2. The summed E-state index contributed by atoms with van der Waals surface area (Å²) in [5.74, 6) is -0.269. The van der Waals surface area contributed by atoms with E-state index in [1.54, 1.807) is 16.2 Å². The van der Waals surface area contributed by atoms with Gasteiger partial charge >= 0.3 is 0 Å². The summed E-state index contributed by atoms with van der Waals surface area (Å²) in [6, 6.07) is 7.38. The Morgan fingerprint density at radius 3 is 2.90 bits per heavy atom. The fraction of sp³-hybridized carbons (Fsp3) is 0.333. The topological polar surface area (TPSA) is 62.2 Å². The van der Waals surface area contributed by atoms with Crippen LogP contribution in [0.15, 0.2) is 41.4 Å². The van der Waals surface area contributed by atoms with Gasteiger partial charge in [0.2, 0.25) is 0 Å².